The SMILES string of the molecule is CCc1cccc(NC(=O)C23C[C@@H]4C[C@@H](CC(O)(C4)C2)C3)c1. The highest BCUT2D eigenvalue weighted by atomic mass is 16.3. The van der Waals surface area contributed by atoms with Gasteiger partial charge in [0.15, 0.2) is 0 Å². The molecule has 0 aliphatic heterocycles. The van der Waals surface area contributed by atoms with Gasteiger partial charge in [-0.2, -0.15) is 0 Å². The zero-order valence-corrected chi connectivity index (χ0v) is 13.3. The number of rotatable bonds is 3. The molecule has 2 N–H and O–H groups in total. The van der Waals surface area contributed by atoms with Gasteiger partial charge in [0.1, 0.15) is 0 Å². The summed E-state index contributed by atoms with van der Waals surface area (Å²) in [5.41, 5.74) is 1.22. The minimum absolute atomic E-state index is 0.133. The second-order valence-electron chi connectivity index (χ2n) is 7.97. The third-order valence-electron chi connectivity index (χ3n) is 6.10. The van der Waals surface area contributed by atoms with Crippen molar-refractivity contribution in [1.82, 2.24) is 0 Å². The molecular weight excluding hydrogens is 274 g/mol. The Bertz CT molecular complexity index is 595. The Balaban J connectivity index is 1.57. The smallest absolute Gasteiger partial charge is 0.230 e. The molecule has 0 aromatic heterocycles. The lowest BCUT2D eigenvalue weighted by atomic mass is 9.47. The molecule has 4 bridgehead atoms. The van der Waals surface area contributed by atoms with Crippen molar-refractivity contribution in [2.45, 2.75) is 57.5 Å². The number of amides is 1. The first-order chi connectivity index (χ1) is 10.5. The number of hydrogen-bond acceptors (Lipinski definition) is 2. The quantitative estimate of drug-likeness (QED) is 0.897. The van der Waals surface area contributed by atoms with Crippen molar-refractivity contribution in [1.29, 1.82) is 0 Å². The lowest BCUT2D eigenvalue weighted by Gasteiger charge is -2.59. The van der Waals surface area contributed by atoms with Gasteiger partial charge < -0.3 is 10.4 Å². The Morgan fingerprint density at radius 2 is 2.00 bits per heavy atom. The van der Waals surface area contributed by atoms with Gasteiger partial charge >= 0.3 is 0 Å². The van der Waals surface area contributed by atoms with Crippen LogP contribution in [0.25, 0.3) is 0 Å². The van der Waals surface area contributed by atoms with E-state index in [1.165, 1.54) is 12.0 Å². The van der Waals surface area contributed by atoms with Crippen LogP contribution in [0.2, 0.25) is 0 Å². The summed E-state index contributed by atoms with van der Waals surface area (Å²) in [5, 5.41) is 13.9. The van der Waals surface area contributed by atoms with Crippen molar-refractivity contribution in [3.05, 3.63) is 29.8 Å². The highest BCUT2D eigenvalue weighted by Gasteiger charge is 2.60. The maximum Gasteiger partial charge on any atom is 0.230 e. The Hall–Kier alpha value is -1.35. The number of aliphatic hydroxyl groups is 1. The molecule has 0 heterocycles. The van der Waals surface area contributed by atoms with E-state index in [-0.39, 0.29) is 11.3 Å². The van der Waals surface area contributed by atoms with E-state index < -0.39 is 5.60 Å². The predicted octanol–water partition coefficient (Wildman–Crippen LogP) is 3.52. The van der Waals surface area contributed by atoms with E-state index >= 15 is 0 Å². The summed E-state index contributed by atoms with van der Waals surface area (Å²) >= 11 is 0. The second-order valence-corrected chi connectivity index (χ2v) is 7.97. The van der Waals surface area contributed by atoms with Crippen molar-refractivity contribution in [2.24, 2.45) is 17.3 Å². The second kappa shape index (κ2) is 4.82. The van der Waals surface area contributed by atoms with Gasteiger partial charge in [-0.15, -0.1) is 0 Å². The first-order valence-electron chi connectivity index (χ1n) is 8.63. The zero-order valence-electron chi connectivity index (χ0n) is 13.3. The summed E-state index contributed by atoms with van der Waals surface area (Å²) in [6, 6.07) is 8.12. The summed E-state index contributed by atoms with van der Waals surface area (Å²) in [5.74, 6) is 1.21. The minimum Gasteiger partial charge on any atom is -0.390 e. The molecule has 3 nitrogen and oxygen atoms in total. The van der Waals surface area contributed by atoms with E-state index in [0.29, 0.717) is 18.3 Å². The Morgan fingerprint density at radius 3 is 2.64 bits per heavy atom. The standard InChI is InChI=1S/C19H25NO2/c1-2-13-4-3-5-16(7-13)20-17(21)18-8-14-6-15(9-18)11-19(22,10-14)12-18/h3-5,7,14-15,22H,2,6,8-12H2,1H3,(H,20,21)/t14-,15+,18?,19?. The fourth-order valence-electron chi connectivity index (χ4n) is 5.61. The van der Waals surface area contributed by atoms with Gasteiger partial charge in [-0.1, -0.05) is 19.1 Å². The molecule has 4 aliphatic carbocycles. The number of hydrogen-bond donors (Lipinski definition) is 2. The normalized spacial score (nSPS) is 39.0. The Labute approximate surface area is 132 Å². The molecule has 4 saturated carbocycles. The van der Waals surface area contributed by atoms with Crippen LogP contribution in [0.15, 0.2) is 24.3 Å². The van der Waals surface area contributed by atoms with Gasteiger partial charge in [-0.05, 0) is 74.5 Å². The van der Waals surface area contributed by atoms with Crippen molar-refractivity contribution >= 4 is 11.6 Å². The van der Waals surface area contributed by atoms with Crippen molar-refractivity contribution < 1.29 is 9.90 Å². The lowest BCUT2D eigenvalue weighted by molar-refractivity contribution is -0.174. The van der Waals surface area contributed by atoms with Crippen LogP contribution in [0.1, 0.15) is 51.0 Å². The summed E-state index contributed by atoms with van der Waals surface area (Å²) in [6.07, 6.45) is 6.58. The Kier molecular flexibility index (Phi) is 3.12. The molecule has 4 fully saturated rings. The van der Waals surface area contributed by atoms with Gasteiger partial charge in [0.2, 0.25) is 5.91 Å². The molecule has 5 rings (SSSR count). The molecule has 0 spiro atoms. The van der Waals surface area contributed by atoms with E-state index in [1.807, 2.05) is 12.1 Å². The van der Waals surface area contributed by atoms with Crippen LogP contribution in [0.4, 0.5) is 5.69 Å². The maximum atomic E-state index is 13.0. The number of aryl methyl sites for hydroxylation is 1. The van der Waals surface area contributed by atoms with Gasteiger partial charge in [-0.25, -0.2) is 0 Å². The van der Waals surface area contributed by atoms with Crippen LogP contribution in [0, 0.1) is 17.3 Å². The third-order valence-corrected chi connectivity index (χ3v) is 6.10. The molecule has 1 aromatic rings. The summed E-state index contributed by atoms with van der Waals surface area (Å²) in [7, 11) is 0. The van der Waals surface area contributed by atoms with E-state index in [0.717, 1.165) is 37.8 Å². The molecule has 1 amide bonds. The molecule has 2 unspecified atom stereocenters. The number of benzene rings is 1. The molecule has 0 saturated heterocycles. The first kappa shape index (κ1) is 14.3. The summed E-state index contributed by atoms with van der Waals surface area (Å²) in [6.45, 7) is 2.12. The van der Waals surface area contributed by atoms with Crippen LogP contribution in [0.5, 0.6) is 0 Å². The molecule has 22 heavy (non-hydrogen) atoms. The van der Waals surface area contributed by atoms with Crippen molar-refractivity contribution in [3.8, 4) is 0 Å². The molecule has 4 aliphatic rings. The third kappa shape index (κ3) is 2.26. The molecular formula is C19H25NO2. The molecule has 0 radical (unpaired) electrons. The minimum atomic E-state index is -0.577. The average molecular weight is 299 g/mol. The number of nitrogens with one attached hydrogen (secondary N) is 1. The van der Waals surface area contributed by atoms with E-state index in [1.54, 1.807) is 0 Å². The van der Waals surface area contributed by atoms with Crippen LogP contribution < -0.4 is 5.32 Å². The molecule has 1 aromatic carbocycles. The molecule has 4 atom stereocenters. The van der Waals surface area contributed by atoms with Crippen molar-refractivity contribution in [2.75, 3.05) is 5.32 Å². The number of carbonyl (C=O) groups is 1. The van der Waals surface area contributed by atoms with E-state index in [4.69, 9.17) is 0 Å². The largest absolute Gasteiger partial charge is 0.390 e. The van der Waals surface area contributed by atoms with Gasteiger partial charge in [0.25, 0.3) is 0 Å². The topological polar surface area (TPSA) is 49.3 Å². The van der Waals surface area contributed by atoms with Gasteiger partial charge in [0, 0.05) is 5.69 Å². The summed E-state index contributed by atoms with van der Waals surface area (Å²) in [4.78, 5) is 13.0. The number of carbonyl (C=O) groups excluding carboxylic acids is 1. The monoisotopic (exact) mass is 299 g/mol. The van der Waals surface area contributed by atoms with Crippen molar-refractivity contribution in [3.63, 3.8) is 0 Å². The van der Waals surface area contributed by atoms with Crippen LogP contribution in [-0.4, -0.2) is 16.6 Å². The summed E-state index contributed by atoms with van der Waals surface area (Å²) < 4.78 is 0. The van der Waals surface area contributed by atoms with Crippen LogP contribution in [0.3, 0.4) is 0 Å². The highest BCUT2D eigenvalue weighted by molar-refractivity contribution is 5.95. The lowest BCUT2D eigenvalue weighted by Crippen LogP contribution is -2.59. The maximum absolute atomic E-state index is 13.0. The van der Waals surface area contributed by atoms with Gasteiger partial charge in [-0.3, -0.25) is 4.79 Å². The van der Waals surface area contributed by atoms with Gasteiger partial charge in [0.05, 0.1) is 11.0 Å². The van der Waals surface area contributed by atoms with Crippen LogP contribution in [-0.2, 0) is 11.2 Å². The zero-order chi connectivity index (χ0) is 15.4. The molecule has 3 heteroatoms. The first-order valence-corrected chi connectivity index (χ1v) is 8.63. The number of anilines is 1. The highest BCUT2D eigenvalue weighted by Crippen LogP contribution is 2.61. The fourth-order valence-corrected chi connectivity index (χ4v) is 5.61. The predicted molar refractivity (Wildman–Crippen MR) is 86.5 cm³/mol. The van der Waals surface area contributed by atoms with E-state index in [9.17, 15) is 9.90 Å². The average Bonchev–Trinajstić information content (AvgIpc) is 2.45. The molecule has 118 valence electrons. The van der Waals surface area contributed by atoms with Crippen LogP contribution >= 0.6 is 0 Å². The van der Waals surface area contributed by atoms with E-state index in [2.05, 4.69) is 24.4 Å². The Morgan fingerprint density at radius 1 is 1.27 bits per heavy atom. The fraction of sp³-hybridized carbons (Fsp3) is 0.632.